The molecule has 0 aliphatic carbocycles. The van der Waals surface area contributed by atoms with Gasteiger partial charge in [-0.2, -0.15) is 0 Å². The quantitative estimate of drug-likeness (QED) is 0.0281. The highest BCUT2D eigenvalue weighted by Gasteiger charge is 2.37. The van der Waals surface area contributed by atoms with Gasteiger partial charge in [0.25, 0.3) is 11.8 Å². The lowest BCUT2D eigenvalue weighted by molar-refractivity contribution is -0.139. The van der Waals surface area contributed by atoms with Crippen LogP contribution in [0.25, 0.3) is 0 Å². The molecule has 1 heterocycles. The summed E-state index contributed by atoms with van der Waals surface area (Å²) >= 11 is 0. The SMILES string of the molecule is COC1=CC(=O)N(C(=O)C=C(C)CC(C)CCCCCCCC(C)CC(O)CC(O)CC(O)CC(O)CC(O)CC(O)CC(O)CC(O)CNC=O)C1Cc1ccccc1. The number of ether oxygens (including phenoxy) is 1. The fraction of sp³-hybridized carbons (Fsp3) is 0.717. The number of allylic oxidation sites excluding steroid dienone is 1. The number of nitrogens with zero attached hydrogens (tertiary/aromatic N) is 1. The largest absolute Gasteiger partial charge is 0.499 e. The minimum absolute atomic E-state index is 0.0315. The van der Waals surface area contributed by atoms with Crippen molar-refractivity contribution in [3.8, 4) is 0 Å². The monoisotopic (exact) mass is 849 g/mol. The summed E-state index contributed by atoms with van der Waals surface area (Å²) in [7, 11) is 1.52. The molecule has 1 aromatic carbocycles. The third kappa shape index (κ3) is 22.1. The van der Waals surface area contributed by atoms with Crippen molar-refractivity contribution in [2.75, 3.05) is 13.7 Å². The maximum Gasteiger partial charge on any atom is 0.257 e. The Morgan fingerprint density at radius 2 is 1.15 bits per heavy atom. The molecule has 11 unspecified atom stereocenters. The molecule has 0 fully saturated rings. The van der Waals surface area contributed by atoms with Crippen LogP contribution in [0.5, 0.6) is 0 Å². The second kappa shape index (κ2) is 29.2. The van der Waals surface area contributed by atoms with Crippen LogP contribution in [0.2, 0.25) is 0 Å². The highest BCUT2D eigenvalue weighted by molar-refractivity contribution is 6.08. The minimum atomic E-state index is -1.10. The van der Waals surface area contributed by atoms with E-state index in [0.717, 1.165) is 62.5 Å². The van der Waals surface area contributed by atoms with Crippen LogP contribution in [0.15, 0.2) is 53.8 Å². The molecule has 1 aromatic rings. The fourth-order valence-corrected chi connectivity index (χ4v) is 8.28. The zero-order chi connectivity index (χ0) is 44.6. The van der Waals surface area contributed by atoms with Crippen LogP contribution in [0, 0.1) is 11.8 Å². The molecule has 60 heavy (non-hydrogen) atoms. The summed E-state index contributed by atoms with van der Waals surface area (Å²) in [6.45, 7) is 6.18. The number of aliphatic hydroxyl groups excluding tert-OH is 8. The Kier molecular flexibility index (Phi) is 25.7. The van der Waals surface area contributed by atoms with Crippen molar-refractivity contribution in [3.63, 3.8) is 0 Å². The Hall–Kier alpha value is -3.21. The van der Waals surface area contributed by atoms with Crippen LogP contribution in [0.4, 0.5) is 0 Å². The van der Waals surface area contributed by atoms with Crippen LogP contribution < -0.4 is 5.32 Å². The third-order valence-electron chi connectivity index (χ3n) is 11.2. The van der Waals surface area contributed by atoms with E-state index in [1.165, 1.54) is 18.1 Å². The van der Waals surface area contributed by atoms with Gasteiger partial charge < -0.3 is 50.9 Å². The molecule has 14 nitrogen and oxygen atoms in total. The van der Waals surface area contributed by atoms with Gasteiger partial charge in [0, 0.05) is 31.5 Å². The van der Waals surface area contributed by atoms with Crippen molar-refractivity contribution >= 4 is 18.2 Å². The second-order valence-corrected chi connectivity index (χ2v) is 17.4. The van der Waals surface area contributed by atoms with Crippen molar-refractivity contribution in [2.24, 2.45) is 11.8 Å². The van der Waals surface area contributed by atoms with Crippen LogP contribution in [0.1, 0.15) is 129 Å². The first kappa shape index (κ1) is 52.9. The van der Waals surface area contributed by atoms with Crippen molar-refractivity contribution < 1.29 is 60.0 Å². The average Bonchev–Trinajstić information content (AvgIpc) is 3.47. The molecule has 1 aliphatic heterocycles. The third-order valence-corrected chi connectivity index (χ3v) is 11.2. The van der Waals surface area contributed by atoms with Gasteiger partial charge in [-0.05, 0) is 75.7 Å². The lowest BCUT2D eigenvalue weighted by Crippen LogP contribution is -2.41. The molecule has 11 atom stereocenters. The smallest absolute Gasteiger partial charge is 0.257 e. The summed E-state index contributed by atoms with van der Waals surface area (Å²) in [4.78, 5) is 37.6. The predicted octanol–water partition coefficient (Wildman–Crippen LogP) is 3.59. The number of hydrogen-bond donors (Lipinski definition) is 9. The standard InChI is InChI=1S/C46H76N2O12/c1-31(17-33(3)19-45(58)48-43(44(60-4)28-46(48)59)20-34-15-11-8-12-16-34)13-9-6-5-7-10-14-32(2)18-35(50)21-36(51)22-37(52)23-38(53)24-39(54)25-40(55)26-41(56)27-42(57)29-47-30-49/h8,11-12,15-16,19,28,30-32,35-43,50-57H,5-7,9-10,13-14,17-18,20-27,29H2,1-4H3,(H,47,49). The number of carbonyl (C=O) groups is 3. The van der Waals surface area contributed by atoms with Gasteiger partial charge in [-0.1, -0.05) is 94.7 Å². The first-order chi connectivity index (χ1) is 28.5. The first-order valence-electron chi connectivity index (χ1n) is 22.0. The minimum Gasteiger partial charge on any atom is -0.499 e. The molecule has 9 N–H and O–H groups in total. The molecule has 1 aliphatic rings. The van der Waals surface area contributed by atoms with Crippen molar-refractivity contribution in [3.05, 3.63) is 59.4 Å². The topological polar surface area (TPSA) is 238 Å². The first-order valence-corrected chi connectivity index (χ1v) is 22.0. The maximum atomic E-state index is 13.3. The Bertz CT molecular complexity index is 1430. The summed E-state index contributed by atoms with van der Waals surface area (Å²) in [5.74, 6) is 0.482. The van der Waals surface area contributed by atoms with Gasteiger partial charge in [0.1, 0.15) is 11.8 Å². The number of rotatable bonds is 33. The normalized spacial score (nSPS) is 19.7. The predicted molar refractivity (Wildman–Crippen MR) is 229 cm³/mol. The van der Waals surface area contributed by atoms with E-state index in [0.29, 0.717) is 30.9 Å². The number of imide groups is 1. The summed E-state index contributed by atoms with van der Waals surface area (Å²) in [6.07, 6.45) is 4.16. The molecule has 342 valence electrons. The molecular weight excluding hydrogens is 773 g/mol. The van der Waals surface area contributed by atoms with Gasteiger partial charge in [0.2, 0.25) is 6.41 Å². The van der Waals surface area contributed by atoms with Crippen molar-refractivity contribution in [2.45, 2.75) is 185 Å². The highest BCUT2D eigenvalue weighted by Crippen LogP contribution is 2.26. The number of methoxy groups -OCH3 is 1. The summed E-state index contributed by atoms with van der Waals surface area (Å²) < 4.78 is 5.46. The van der Waals surface area contributed by atoms with Gasteiger partial charge in [-0.25, -0.2) is 0 Å². The Morgan fingerprint density at radius 3 is 1.63 bits per heavy atom. The average molecular weight is 849 g/mol. The molecule has 0 saturated heterocycles. The van der Waals surface area contributed by atoms with E-state index in [-0.39, 0.29) is 69.2 Å². The number of aliphatic hydroxyl groups is 8. The van der Waals surface area contributed by atoms with Crippen molar-refractivity contribution in [1.82, 2.24) is 10.2 Å². The van der Waals surface area contributed by atoms with E-state index in [2.05, 4.69) is 19.2 Å². The summed E-state index contributed by atoms with van der Waals surface area (Å²) in [5, 5.41) is 84.3. The molecule has 0 aromatic heterocycles. The Labute approximate surface area is 357 Å². The van der Waals surface area contributed by atoms with Crippen molar-refractivity contribution in [1.29, 1.82) is 0 Å². The zero-order valence-corrected chi connectivity index (χ0v) is 36.4. The summed E-state index contributed by atoms with van der Waals surface area (Å²) in [6, 6.07) is 9.27. The Balaban J connectivity index is 1.57. The number of amides is 3. The number of hydrogen-bond acceptors (Lipinski definition) is 12. The molecule has 3 amide bonds. The number of nitrogens with one attached hydrogen (secondary N) is 1. The number of carbonyl (C=O) groups excluding carboxylic acids is 3. The number of benzene rings is 1. The Morgan fingerprint density at radius 1 is 0.700 bits per heavy atom. The lowest BCUT2D eigenvalue weighted by Gasteiger charge is -2.24. The molecule has 0 saturated carbocycles. The lowest BCUT2D eigenvalue weighted by atomic mass is 9.92. The molecule has 0 radical (unpaired) electrons. The van der Waals surface area contributed by atoms with Gasteiger partial charge in [0.15, 0.2) is 0 Å². The molecule has 14 heteroatoms. The molecule has 0 spiro atoms. The van der Waals surface area contributed by atoms with Gasteiger partial charge >= 0.3 is 0 Å². The zero-order valence-electron chi connectivity index (χ0n) is 36.4. The van der Waals surface area contributed by atoms with Crippen LogP contribution in [-0.4, -0.2) is 133 Å². The van der Waals surface area contributed by atoms with E-state index in [9.17, 15) is 55.2 Å². The van der Waals surface area contributed by atoms with E-state index < -0.39 is 54.9 Å². The van der Waals surface area contributed by atoms with Crippen LogP contribution in [0.3, 0.4) is 0 Å². The van der Waals surface area contributed by atoms with E-state index >= 15 is 0 Å². The van der Waals surface area contributed by atoms with Crippen LogP contribution >= 0.6 is 0 Å². The van der Waals surface area contributed by atoms with E-state index in [1.54, 1.807) is 6.08 Å². The van der Waals surface area contributed by atoms with Gasteiger partial charge in [-0.3, -0.25) is 19.3 Å². The van der Waals surface area contributed by atoms with E-state index in [4.69, 9.17) is 4.74 Å². The number of unbranched alkanes of at least 4 members (excludes halogenated alkanes) is 4. The fourth-order valence-electron chi connectivity index (χ4n) is 8.28. The molecular formula is C46H76N2O12. The van der Waals surface area contributed by atoms with Gasteiger partial charge in [-0.15, -0.1) is 0 Å². The second-order valence-electron chi connectivity index (χ2n) is 17.4. The van der Waals surface area contributed by atoms with Gasteiger partial charge in [0.05, 0.1) is 55.9 Å². The maximum absolute atomic E-state index is 13.3. The van der Waals surface area contributed by atoms with E-state index in [1.807, 2.05) is 37.3 Å². The molecule has 0 bridgehead atoms. The molecule has 2 rings (SSSR count). The summed E-state index contributed by atoms with van der Waals surface area (Å²) in [5.41, 5.74) is 1.96. The van der Waals surface area contributed by atoms with Crippen LogP contribution in [-0.2, 0) is 25.5 Å². The highest BCUT2D eigenvalue weighted by atomic mass is 16.5.